The molecule has 0 aromatic heterocycles. The van der Waals surface area contributed by atoms with Crippen molar-refractivity contribution in [2.75, 3.05) is 5.06 Å². The molecule has 1 aliphatic heterocycles. The van der Waals surface area contributed by atoms with Gasteiger partial charge in [-0.2, -0.15) is 0 Å². The van der Waals surface area contributed by atoms with Crippen molar-refractivity contribution < 1.29 is 10.0 Å². The van der Waals surface area contributed by atoms with Gasteiger partial charge < -0.3 is 5.32 Å². The molecule has 0 unspecified atom stereocenters. The third-order valence-electron chi connectivity index (χ3n) is 2.66. The summed E-state index contributed by atoms with van der Waals surface area (Å²) in [5, 5.41) is 13.9. The zero-order valence-corrected chi connectivity index (χ0v) is 10.1. The second-order valence-electron chi connectivity index (χ2n) is 3.79. The summed E-state index contributed by atoms with van der Waals surface area (Å²) in [6.45, 7) is 5.48. The van der Waals surface area contributed by atoms with Crippen LogP contribution in [0.1, 0.15) is 17.3 Å². The highest BCUT2D eigenvalue weighted by molar-refractivity contribution is 6.02. The molecule has 1 aliphatic rings. The Labute approximate surface area is 105 Å². The molecule has 0 spiro atoms. The van der Waals surface area contributed by atoms with Crippen LogP contribution in [0.25, 0.3) is 0 Å². The van der Waals surface area contributed by atoms with Gasteiger partial charge in [0.1, 0.15) is 0 Å². The van der Waals surface area contributed by atoms with Gasteiger partial charge in [0.2, 0.25) is 0 Å². The molecule has 0 fully saturated rings. The van der Waals surface area contributed by atoms with E-state index in [1.54, 1.807) is 36.4 Å². The SMILES string of the molecule is C=CC1=C(/C=C\C)N(O)c2ccccc2C(=O)N1. The van der Waals surface area contributed by atoms with Gasteiger partial charge >= 0.3 is 0 Å². The number of carbonyl (C=O) groups excluding carboxylic acids is 1. The predicted octanol–water partition coefficient (Wildman–Crippen LogP) is 2.60. The van der Waals surface area contributed by atoms with Crippen LogP contribution in [0, 0.1) is 0 Å². The Kier molecular flexibility index (Phi) is 3.30. The molecule has 0 saturated heterocycles. The van der Waals surface area contributed by atoms with E-state index in [0.29, 0.717) is 22.6 Å². The molecule has 92 valence electrons. The molecule has 0 radical (unpaired) electrons. The second kappa shape index (κ2) is 4.89. The molecule has 2 rings (SSSR count). The fraction of sp³-hybridized carbons (Fsp3) is 0.0714. The number of hydrogen-bond donors (Lipinski definition) is 2. The van der Waals surface area contributed by atoms with Crippen LogP contribution in [-0.2, 0) is 0 Å². The summed E-state index contributed by atoms with van der Waals surface area (Å²) in [7, 11) is 0. The summed E-state index contributed by atoms with van der Waals surface area (Å²) in [4.78, 5) is 12.0. The number of hydrogen-bond acceptors (Lipinski definition) is 3. The van der Waals surface area contributed by atoms with Crippen molar-refractivity contribution in [1.29, 1.82) is 0 Å². The number of rotatable bonds is 2. The van der Waals surface area contributed by atoms with Gasteiger partial charge in [-0.15, -0.1) is 0 Å². The van der Waals surface area contributed by atoms with E-state index < -0.39 is 0 Å². The lowest BCUT2D eigenvalue weighted by Crippen LogP contribution is -2.21. The third-order valence-corrected chi connectivity index (χ3v) is 2.66. The van der Waals surface area contributed by atoms with E-state index in [2.05, 4.69) is 11.9 Å². The Balaban J connectivity index is 2.65. The molecule has 1 aromatic rings. The van der Waals surface area contributed by atoms with Crippen molar-refractivity contribution in [3.05, 3.63) is 66.0 Å². The predicted molar refractivity (Wildman–Crippen MR) is 70.2 cm³/mol. The normalized spacial score (nSPS) is 15.4. The quantitative estimate of drug-likeness (QED) is 0.838. The van der Waals surface area contributed by atoms with Crippen molar-refractivity contribution in [3.8, 4) is 0 Å². The summed E-state index contributed by atoms with van der Waals surface area (Å²) in [6.07, 6.45) is 4.99. The molecule has 0 atom stereocenters. The average Bonchev–Trinajstić information content (AvgIpc) is 2.50. The largest absolute Gasteiger partial charge is 0.320 e. The second-order valence-corrected chi connectivity index (χ2v) is 3.79. The first-order chi connectivity index (χ1) is 8.69. The summed E-state index contributed by atoms with van der Waals surface area (Å²) < 4.78 is 0. The number of nitrogens with one attached hydrogen (secondary N) is 1. The summed E-state index contributed by atoms with van der Waals surface area (Å²) in [6, 6.07) is 6.86. The molecule has 0 aliphatic carbocycles. The number of allylic oxidation sites excluding steroid dienone is 3. The number of carbonyl (C=O) groups is 1. The van der Waals surface area contributed by atoms with Crippen molar-refractivity contribution in [1.82, 2.24) is 5.32 Å². The minimum Gasteiger partial charge on any atom is -0.320 e. The van der Waals surface area contributed by atoms with Crippen LogP contribution in [-0.4, -0.2) is 11.1 Å². The van der Waals surface area contributed by atoms with Gasteiger partial charge in [-0.25, -0.2) is 5.06 Å². The smallest absolute Gasteiger partial charge is 0.257 e. The maximum atomic E-state index is 12.0. The Morgan fingerprint density at radius 3 is 2.78 bits per heavy atom. The number of benzene rings is 1. The van der Waals surface area contributed by atoms with Crippen molar-refractivity contribution >= 4 is 11.6 Å². The van der Waals surface area contributed by atoms with Gasteiger partial charge in [-0.3, -0.25) is 10.0 Å². The van der Waals surface area contributed by atoms with Crippen molar-refractivity contribution in [3.63, 3.8) is 0 Å². The first kappa shape index (κ1) is 12.1. The molecule has 4 heteroatoms. The van der Waals surface area contributed by atoms with Gasteiger partial charge in [0.05, 0.1) is 22.6 Å². The molecule has 1 amide bonds. The molecular weight excluding hydrogens is 228 g/mol. The molecular formula is C14H14N2O2. The van der Waals surface area contributed by atoms with E-state index in [4.69, 9.17) is 0 Å². The lowest BCUT2D eigenvalue weighted by atomic mass is 10.1. The summed E-state index contributed by atoms with van der Waals surface area (Å²) >= 11 is 0. The summed E-state index contributed by atoms with van der Waals surface area (Å²) in [5.41, 5.74) is 1.81. The number of amides is 1. The monoisotopic (exact) mass is 242 g/mol. The Bertz CT molecular complexity index is 559. The number of nitrogens with zero attached hydrogens (tertiary/aromatic N) is 1. The van der Waals surface area contributed by atoms with Crippen LogP contribution in [0.5, 0.6) is 0 Å². The number of anilines is 1. The van der Waals surface area contributed by atoms with Gasteiger partial charge in [0, 0.05) is 0 Å². The number of hydroxylamine groups is 1. The Morgan fingerprint density at radius 2 is 2.11 bits per heavy atom. The highest BCUT2D eigenvalue weighted by Gasteiger charge is 2.23. The fourth-order valence-electron chi connectivity index (χ4n) is 1.82. The maximum Gasteiger partial charge on any atom is 0.257 e. The highest BCUT2D eigenvalue weighted by atomic mass is 16.5. The zero-order chi connectivity index (χ0) is 13.1. The van der Waals surface area contributed by atoms with E-state index in [-0.39, 0.29) is 5.91 Å². The first-order valence-corrected chi connectivity index (χ1v) is 5.57. The number of fused-ring (bicyclic) bond motifs is 1. The minimum atomic E-state index is -0.265. The van der Waals surface area contributed by atoms with Gasteiger partial charge in [-0.05, 0) is 31.2 Å². The van der Waals surface area contributed by atoms with E-state index in [0.717, 1.165) is 5.06 Å². The zero-order valence-electron chi connectivity index (χ0n) is 10.1. The highest BCUT2D eigenvalue weighted by Crippen LogP contribution is 2.27. The van der Waals surface area contributed by atoms with Crippen LogP contribution >= 0.6 is 0 Å². The van der Waals surface area contributed by atoms with Crippen LogP contribution in [0.3, 0.4) is 0 Å². The minimum absolute atomic E-state index is 0.265. The van der Waals surface area contributed by atoms with E-state index >= 15 is 0 Å². The molecule has 1 aromatic carbocycles. The van der Waals surface area contributed by atoms with E-state index in [9.17, 15) is 10.0 Å². The molecule has 0 saturated carbocycles. The molecule has 4 nitrogen and oxygen atoms in total. The van der Waals surface area contributed by atoms with Gasteiger partial charge in [0.25, 0.3) is 5.91 Å². The van der Waals surface area contributed by atoms with Crippen LogP contribution in [0.4, 0.5) is 5.69 Å². The Hall–Kier alpha value is -2.33. The van der Waals surface area contributed by atoms with Crippen molar-refractivity contribution in [2.45, 2.75) is 6.92 Å². The molecule has 18 heavy (non-hydrogen) atoms. The van der Waals surface area contributed by atoms with Crippen molar-refractivity contribution in [2.24, 2.45) is 0 Å². The van der Waals surface area contributed by atoms with Gasteiger partial charge in [-0.1, -0.05) is 24.8 Å². The topological polar surface area (TPSA) is 52.6 Å². The van der Waals surface area contributed by atoms with Crippen LogP contribution in [0.2, 0.25) is 0 Å². The Morgan fingerprint density at radius 1 is 1.39 bits per heavy atom. The lowest BCUT2D eigenvalue weighted by molar-refractivity contribution is 0.0968. The van der Waals surface area contributed by atoms with E-state index in [1.807, 2.05) is 6.92 Å². The summed E-state index contributed by atoms with van der Waals surface area (Å²) in [5.74, 6) is -0.265. The fourth-order valence-corrected chi connectivity index (χ4v) is 1.82. The first-order valence-electron chi connectivity index (χ1n) is 5.57. The standard InChI is InChI=1S/C14H14N2O2/c1-3-7-13-11(4-2)15-14(17)10-8-5-6-9-12(10)16(13)18/h3-9,18H,2H2,1H3,(H,15,17)/b7-3-. The van der Waals surface area contributed by atoms with E-state index in [1.165, 1.54) is 6.08 Å². The third kappa shape index (κ3) is 1.94. The molecule has 2 N–H and O–H groups in total. The maximum absolute atomic E-state index is 12.0. The van der Waals surface area contributed by atoms with Gasteiger partial charge in [0.15, 0.2) is 0 Å². The average molecular weight is 242 g/mol. The van der Waals surface area contributed by atoms with Crippen LogP contribution in [0.15, 0.2) is 60.5 Å². The lowest BCUT2D eigenvalue weighted by Gasteiger charge is -2.18. The number of para-hydroxylation sites is 1. The van der Waals surface area contributed by atoms with Crippen LogP contribution < -0.4 is 10.4 Å². The molecule has 1 heterocycles. The molecule has 0 bridgehead atoms.